The molecule has 138 valence electrons. The zero-order valence-electron chi connectivity index (χ0n) is 16.9. The Balaban J connectivity index is 3.16. The molecule has 0 aliphatic rings. The Kier molecular flexibility index (Phi) is 17.1. The molecular formula is C22H46P+. The second-order valence-corrected chi connectivity index (χ2v) is 12.9. The van der Waals surface area contributed by atoms with Gasteiger partial charge in [-0.3, -0.25) is 0 Å². The molecule has 0 saturated carbocycles. The zero-order chi connectivity index (χ0) is 17.2. The molecule has 1 heteroatoms. The molecule has 0 radical (unpaired) electrons. The smallest absolute Gasteiger partial charge is 0.0588 e. The Hall–Kier alpha value is 0.170. The molecule has 0 aromatic carbocycles. The van der Waals surface area contributed by atoms with Gasteiger partial charge in [0, 0.05) is 20.6 Å². The molecule has 0 aliphatic heterocycles. The van der Waals surface area contributed by atoms with Crippen LogP contribution >= 0.6 is 7.26 Å². The standard InChI is InChI=1S/C22H46P/c1-5-7-8-9-10-11-12-13-14-15-16-17-18-19-20-21-22-23(3,4)6-2/h13-14H,5-12,15-22H2,1-4H3/q+1/b14-13-. The largest absolute Gasteiger partial charge is 0.0885 e. The molecule has 0 aliphatic carbocycles. The lowest BCUT2D eigenvalue weighted by Gasteiger charge is -2.15. The van der Waals surface area contributed by atoms with Crippen LogP contribution in [0.2, 0.25) is 0 Å². The van der Waals surface area contributed by atoms with Crippen molar-refractivity contribution in [2.24, 2.45) is 0 Å². The number of hydrogen-bond donors (Lipinski definition) is 0. The number of hydrogen-bond acceptors (Lipinski definition) is 0. The maximum absolute atomic E-state index is 2.52. The predicted molar refractivity (Wildman–Crippen MR) is 114 cm³/mol. The Labute approximate surface area is 149 Å². The summed E-state index contributed by atoms with van der Waals surface area (Å²) in [6.07, 6.45) is 27.6. The van der Waals surface area contributed by atoms with E-state index in [0.29, 0.717) is 0 Å². The number of rotatable bonds is 17. The minimum atomic E-state index is -0.521. The molecule has 0 amide bonds. The summed E-state index contributed by atoms with van der Waals surface area (Å²) in [6.45, 7) is 9.69. The van der Waals surface area contributed by atoms with Crippen LogP contribution < -0.4 is 0 Å². The van der Waals surface area contributed by atoms with E-state index in [4.69, 9.17) is 0 Å². The third-order valence-corrected chi connectivity index (χ3v) is 8.37. The van der Waals surface area contributed by atoms with E-state index in [1.165, 1.54) is 102 Å². The molecular weight excluding hydrogens is 295 g/mol. The van der Waals surface area contributed by atoms with E-state index in [0.717, 1.165) is 0 Å². The fourth-order valence-electron chi connectivity index (χ4n) is 2.95. The summed E-state index contributed by atoms with van der Waals surface area (Å²) in [7, 11) is -0.521. The van der Waals surface area contributed by atoms with Gasteiger partial charge < -0.3 is 0 Å². The summed E-state index contributed by atoms with van der Waals surface area (Å²) in [5.41, 5.74) is 0. The van der Waals surface area contributed by atoms with Crippen molar-refractivity contribution in [1.82, 2.24) is 0 Å². The number of unbranched alkanes of at least 4 members (excludes halogenated alkanes) is 12. The average molecular weight is 342 g/mol. The Bertz CT molecular complexity index is 255. The molecule has 0 bridgehead atoms. The molecule has 0 aromatic rings. The fraction of sp³-hybridized carbons (Fsp3) is 0.909. The molecule has 0 rings (SSSR count). The van der Waals surface area contributed by atoms with Crippen molar-refractivity contribution in [3.05, 3.63) is 12.2 Å². The lowest BCUT2D eigenvalue weighted by atomic mass is 10.1. The number of allylic oxidation sites excluding steroid dienone is 2. The van der Waals surface area contributed by atoms with Crippen molar-refractivity contribution in [3.8, 4) is 0 Å². The summed E-state index contributed by atoms with van der Waals surface area (Å²) in [6, 6.07) is 0. The summed E-state index contributed by atoms with van der Waals surface area (Å²) in [5, 5.41) is 0. The lowest BCUT2D eigenvalue weighted by Crippen LogP contribution is -1.97. The van der Waals surface area contributed by atoms with E-state index in [-0.39, 0.29) is 0 Å². The first-order valence-electron chi connectivity index (χ1n) is 10.6. The summed E-state index contributed by atoms with van der Waals surface area (Å²) in [4.78, 5) is 0. The first kappa shape index (κ1) is 23.2. The molecule has 0 fully saturated rings. The highest BCUT2D eigenvalue weighted by molar-refractivity contribution is 7.74. The van der Waals surface area contributed by atoms with Gasteiger partial charge in [0.25, 0.3) is 0 Å². The van der Waals surface area contributed by atoms with Crippen molar-refractivity contribution in [2.45, 2.75) is 104 Å². The summed E-state index contributed by atoms with van der Waals surface area (Å²) < 4.78 is 0. The van der Waals surface area contributed by atoms with Gasteiger partial charge >= 0.3 is 0 Å². The van der Waals surface area contributed by atoms with Crippen LogP contribution in [-0.4, -0.2) is 25.7 Å². The third kappa shape index (κ3) is 18.4. The van der Waals surface area contributed by atoms with Gasteiger partial charge in [0.1, 0.15) is 0 Å². The maximum Gasteiger partial charge on any atom is 0.0588 e. The molecule has 0 atom stereocenters. The van der Waals surface area contributed by atoms with Crippen molar-refractivity contribution >= 4 is 7.26 Å². The molecule has 0 heterocycles. The van der Waals surface area contributed by atoms with Gasteiger partial charge in [-0.1, -0.05) is 70.4 Å². The molecule has 0 saturated heterocycles. The first-order valence-corrected chi connectivity index (χ1v) is 13.6. The Morgan fingerprint density at radius 2 is 1.00 bits per heavy atom. The second-order valence-electron chi connectivity index (χ2n) is 7.91. The van der Waals surface area contributed by atoms with Gasteiger partial charge in [-0.2, -0.15) is 0 Å². The third-order valence-electron chi connectivity index (χ3n) is 5.13. The van der Waals surface area contributed by atoms with Gasteiger partial charge in [0.15, 0.2) is 0 Å². The van der Waals surface area contributed by atoms with Crippen LogP contribution in [0.5, 0.6) is 0 Å². The van der Waals surface area contributed by atoms with Crippen LogP contribution in [0.3, 0.4) is 0 Å². The highest BCUT2D eigenvalue weighted by atomic mass is 31.2. The minimum absolute atomic E-state index is 0.521. The highest BCUT2D eigenvalue weighted by Gasteiger charge is 2.20. The lowest BCUT2D eigenvalue weighted by molar-refractivity contribution is 0.607. The second kappa shape index (κ2) is 17.0. The van der Waals surface area contributed by atoms with Crippen LogP contribution in [-0.2, 0) is 0 Å². The summed E-state index contributed by atoms with van der Waals surface area (Å²) >= 11 is 0. The van der Waals surface area contributed by atoms with E-state index in [1.54, 1.807) is 0 Å². The molecule has 0 spiro atoms. The molecule has 0 aromatic heterocycles. The SMILES string of the molecule is CCCCCCCC/C=C\CCCCCCCC[P+](C)(C)CC. The Morgan fingerprint density at radius 3 is 1.48 bits per heavy atom. The van der Waals surface area contributed by atoms with E-state index in [1.807, 2.05) is 0 Å². The molecule has 23 heavy (non-hydrogen) atoms. The first-order chi connectivity index (χ1) is 11.1. The highest BCUT2D eigenvalue weighted by Crippen LogP contribution is 2.51. The monoisotopic (exact) mass is 341 g/mol. The Morgan fingerprint density at radius 1 is 0.565 bits per heavy atom. The minimum Gasteiger partial charge on any atom is -0.0885 e. The summed E-state index contributed by atoms with van der Waals surface area (Å²) in [5.74, 6) is 0. The quantitative estimate of drug-likeness (QED) is 0.142. The van der Waals surface area contributed by atoms with Crippen molar-refractivity contribution in [3.63, 3.8) is 0 Å². The molecule has 0 unspecified atom stereocenters. The zero-order valence-corrected chi connectivity index (χ0v) is 17.8. The van der Waals surface area contributed by atoms with Gasteiger partial charge in [-0.15, -0.1) is 0 Å². The van der Waals surface area contributed by atoms with Gasteiger partial charge in [0.05, 0.1) is 12.3 Å². The van der Waals surface area contributed by atoms with Gasteiger partial charge in [0.2, 0.25) is 0 Å². The predicted octanol–water partition coefficient (Wildman–Crippen LogP) is 8.32. The van der Waals surface area contributed by atoms with Crippen LogP contribution in [0.25, 0.3) is 0 Å². The van der Waals surface area contributed by atoms with E-state index in [9.17, 15) is 0 Å². The van der Waals surface area contributed by atoms with E-state index in [2.05, 4.69) is 39.3 Å². The van der Waals surface area contributed by atoms with Crippen LogP contribution in [0, 0.1) is 0 Å². The molecule has 0 nitrogen and oxygen atoms in total. The molecule has 0 N–H and O–H groups in total. The topological polar surface area (TPSA) is 0 Å². The fourth-order valence-corrected chi connectivity index (χ4v) is 4.34. The van der Waals surface area contributed by atoms with Crippen molar-refractivity contribution in [2.75, 3.05) is 25.7 Å². The van der Waals surface area contributed by atoms with E-state index < -0.39 is 7.26 Å². The maximum atomic E-state index is 2.52. The van der Waals surface area contributed by atoms with E-state index >= 15 is 0 Å². The normalized spacial score (nSPS) is 12.3. The van der Waals surface area contributed by atoms with Crippen LogP contribution in [0.1, 0.15) is 104 Å². The van der Waals surface area contributed by atoms with Crippen LogP contribution in [0.15, 0.2) is 12.2 Å². The van der Waals surface area contributed by atoms with Crippen LogP contribution in [0.4, 0.5) is 0 Å². The van der Waals surface area contributed by atoms with Crippen molar-refractivity contribution in [1.29, 1.82) is 0 Å². The average Bonchev–Trinajstić information content (AvgIpc) is 2.54. The van der Waals surface area contributed by atoms with Gasteiger partial charge in [-0.25, -0.2) is 0 Å². The van der Waals surface area contributed by atoms with Gasteiger partial charge in [-0.05, 0) is 45.4 Å². The van der Waals surface area contributed by atoms with Crippen molar-refractivity contribution < 1.29 is 0 Å².